The van der Waals surface area contributed by atoms with Gasteiger partial charge in [-0.2, -0.15) is 0 Å². The Balaban J connectivity index is 2.06. The van der Waals surface area contributed by atoms with Crippen LogP contribution in [0.15, 0.2) is 16.3 Å². The van der Waals surface area contributed by atoms with Crippen molar-refractivity contribution in [2.75, 3.05) is 26.7 Å². The Morgan fingerprint density at radius 3 is 2.90 bits per heavy atom. The van der Waals surface area contributed by atoms with Gasteiger partial charge in [-0.25, -0.2) is 13.1 Å². The lowest BCUT2D eigenvalue weighted by atomic mass is 9.95. The summed E-state index contributed by atoms with van der Waals surface area (Å²) in [7, 11) is -1.38. The van der Waals surface area contributed by atoms with Crippen molar-refractivity contribution in [3.63, 3.8) is 0 Å². The number of aliphatic hydroxyl groups excluding tert-OH is 1. The van der Waals surface area contributed by atoms with Crippen molar-refractivity contribution in [3.8, 4) is 0 Å². The van der Waals surface area contributed by atoms with Crippen LogP contribution in [-0.2, 0) is 16.4 Å². The van der Waals surface area contributed by atoms with Crippen LogP contribution in [0, 0.1) is 5.92 Å². The first-order valence-corrected chi connectivity index (χ1v) is 9.13. The first-order valence-electron chi connectivity index (χ1n) is 6.83. The lowest BCUT2D eigenvalue weighted by Crippen LogP contribution is -2.48. The van der Waals surface area contributed by atoms with E-state index in [0.29, 0.717) is 16.5 Å². The molecule has 20 heavy (non-hydrogen) atoms. The van der Waals surface area contributed by atoms with Crippen LogP contribution >= 0.6 is 11.3 Å². The van der Waals surface area contributed by atoms with E-state index in [2.05, 4.69) is 23.6 Å². The minimum Gasteiger partial charge on any atom is -0.396 e. The Morgan fingerprint density at radius 1 is 1.50 bits per heavy atom. The third kappa shape index (κ3) is 3.79. The Morgan fingerprint density at radius 2 is 2.25 bits per heavy atom. The molecule has 2 N–H and O–H groups in total. The van der Waals surface area contributed by atoms with Crippen LogP contribution in [0.3, 0.4) is 0 Å². The van der Waals surface area contributed by atoms with Gasteiger partial charge in [0.25, 0.3) is 0 Å². The van der Waals surface area contributed by atoms with Crippen molar-refractivity contribution in [1.29, 1.82) is 0 Å². The zero-order valence-electron chi connectivity index (χ0n) is 11.9. The van der Waals surface area contributed by atoms with E-state index in [1.807, 2.05) is 0 Å². The maximum atomic E-state index is 12.4. The van der Waals surface area contributed by atoms with E-state index in [-0.39, 0.29) is 12.6 Å². The molecule has 0 spiro atoms. The molecule has 1 fully saturated rings. The Kier molecular flexibility index (Phi) is 5.19. The lowest BCUT2D eigenvalue weighted by Gasteiger charge is -2.34. The van der Waals surface area contributed by atoms with Gasteiger partial charge in [-0.1, -0.05) is 6.92 Å². The zero-order chi connectivity index (χ0) is 14.8. The van der Waals surface area contributed by atoms with E-state index in [1.54, 1.807) is 12.1 Å². The molecule has 0 aliphatic carbocycles. The van der Waals surface area contributed by atoms with Crippen molar-refractivity contribution in [1.82, 2.24) is 9.62 Å². The summed E-state index contributed by atoms with van der Waals surface area (Å²) in [6.07, 6.45) is 1.34. The highest BCUT2D eigenvalue weighted by Gasteiger charge is 2.29. The van der Waals surface area contributed by atoms with Crippen molar-refractivity contribution in [3.05, 3.63) is 17.0 Å². The van der Waals surface area contributed by atoms with Crippen molar-refractivity contribution < 1.29 is 13.5 Å². The molecule has 2 atom stereocenters. The zero-order valence-corrected chi connectivity index (χ0v) is 13.5. The highest BCUT2D eigenvalue weighted by Crippen LogP contribution is 2.24. The third-order valence-electron chi connectivity index (χ3n) is 3.67. The number of nitrogens with one attached hydrogen (secondary N) is 1. The van der Waals surface area contributed by atoms with E-state index < -0.39 is 10.0 Å². The van der Waals surface area contributed by atoms with Crippen LogP contribution in [-0.4, -0.2) is 51.2 Å². The predicted molar refractivity (Wildman–Crippen MR) is 80.5 cm³/mol. The number of thiophene rings is 1. The molecule has 0 aromatic carbocycles. The standard InChI is InChI=1S/C13H22N2O3S2/c1-10-9-15(2)7-5-12(10)14-20(17,18)13-4-3-11(19-13)6-8-16/h3-4,10,12,14,16H,5-9H2,1-2H3. The summed E-state index contributed by atoms with van der Waals surface area (Å²) in [4.78, 5) is 3.12. The molecule has 0 amide bonds. The molecule has 1 saturated heterocycles. The van der Waals surface area contributed by atoms with Crippen LogP contribution in [0.1, 0.15) is 18.2 Å². The van der Waals surface area contributed by atoms with Gasteiger partial charge in [-0.15, -0.1) is 11.3 Å². The van der Waals surface area contributed by atoms with Crippen molar-refractivity contribution in [2.24, 2.45) is 5.92 Å². The molecule has 1 aliphatic heterocycles. The molecule has 1 aromatic rings. The number of hydrogen-bond donors (Lipinski definition) is 2. The van der Waals surface area contributed by atoms with Crippen molar-refractivity contribution in [2.45, 2.75) is 30.0 Å². The van der Waals surface area contributed by atoms with E-state index in [1.165, 1.54) is 11.3 Å². The van der Waals surface area contributed by atoms with E-state index in [4.69, 9.17) is 5.11 Å². The second kappa shape index (κ2) is 6.53. The molecular weight excluding hydrogens is 296 g/mol. The molecule has 2 unspecified atom stereocenters. The summed E-state index contributed by atoms with van der Waals surface area (Å²) in [6.45, 7) is 3.94. The second-order valence-corrected chi connectivity index (χ2v) is 8.56. The highest BCUT2D eigenvalue weighted by molar-refractivity contribution is 7.91. The van der Waals surface area contributed by atoms with Crippen LogP contribution in [0.4, 0.5) is 0 Å². The summed E-state index contributed by atoms with van der Waals surface area (Å²) in [5.41, 5.74) is 0. The highest BCUT2D eigenvalue weighted by atomic mass is 32.2. The predicted octanol–water partition coefficient (Wildman–Crippen LogP) is 0.901. The molecule has 0 radical (unpaired) electrons. The summed E-state index contributed by atoms with van der Waals surface area (Å²) in [6, 6.07) is 3.39. The summed E-state index contributed by atoms with van der Waals surface area (Å²) in [5, 5.41) is 8.89. The second-order valence-electron chi connectivity index (χ2n) is 5.45. The molecule has 1 aromatic heterocycles. The maximum Gasteiger partial charge on any atom is 0.250 e. The van der Waals surface area contributed by atoms with Crippen molar-refractivity contribution >= 4 is 21.4 Å². The number of likely N-dealkylation sites (tertiary alicyclic amines) is 1. The van der Waals surface area contributed by atoms with Gasteiger partial charge in [0.15, 0.2) is 0 Å². The van der Waals surface area contributed by atoms with E-state index in [0.717, 1.165) is 24.4 Å². The van der Waals surface area contributed by atoms with Gasteiger partial charge >= 0.3 is 0 Å². The quantitative estimate of drug-likeness (QED) is 0.846. The molecule has 2 heterocycles. The van der Waals surface area contributed by atoms with Gasteiger partial charge in [-0.3, -0.25) is 0 Å². The fourth-order valence-electron chi connectivity index (χ4n) is 2.53. The van der Waals surface area contributed by atoms with Crippen LogP contribution in [0.5, 0.6) is 0 Å². The fraction of sp³-hybridized carbons (Fsp3) is 0.692. The van der Waals surface area contributed by atoms with Crippen LogP contribution < -0.4 is 4.72 Å². The summed E-state index contributed by atoms with van der Waals surface area (Å²) in [5.74, 6) is 0.306. The Labute approximate surface area is 124 Å². The molecular formula is C13H22N2O3S2. The van der Waals surface area contributed by atoms with Crippen LogP contribution in [0.2, 0.25) is 0 Å². The topological polar surface area (TPSA) is 69.6 Å². The third-order valence-corrected chi connectivity index (χ3v) is 6.80. The normalized spacial score (nSPS) is 24.9. The monoisotopic (exact) mass is 318 g/mol. The number of aliphatic hydroxyl groups is 1. The first-order chi connectivity index (χ1) is 9.42. The Bertz CT molecular complexity index is 542. The van der Waals surface area contributed by atoms with Gasteiger partial charge in [0.1, 0.15) is 4.21 Å². The molecule has 2 rings (SSSR count). The largest absolute Gasteiger partial charge is 0.396 e. The van der Waals surface area contributed by atoms with Gasteiger partial charge in [0.05, 0.1) is 0 Å². The fourth-order valence-corrected chi connectivity index (χ4v) is 5.27. The Hall–Kier alpha value is -0.470. The number of nitrogens with zero attached hydrogens (tertiary/aromatic N) is 1. The lowest BCUT2D eigenvalue weighted by molar-refractivity contribution is 0.188. The number of hydrogen-bond acceptors (Lipinski definition) is 5. The van der Waals surface area contributed by atoms with E-state index >= 15 is 0 Å². The maximum absolute atomic E-state index is 12.4. The van der Waals surface area contributed by atoms with Crippen LogP contribution in [0.25, 0.3) is 0 Å². The molecule has 114 valence electrons. The number of piperidine rings is 1. The first kappa shape index (κ1) is 15.9. The van der Waals surface area contributed by atoms with Gasteiger partial charge in [0, 0.05) is 30.5 Å². The van der Waals surface area contributed by atoms with Gasteiger partial charge in [0.2, 0.25) is 10.0 Å². The minimum atomic E-state index is -3.44. The summed E-state index contributed by atoms with van der Waals surface area (Å²) < 4.78 is 27.9. The average molecular weight is 318 g/mol. The molecule has 0 saturated carbocycles. The minimum absolute atomic E-state index is 0.000378. The molecule has 1 aliphatic rings. The van der Waals surface area contributed by atoms with Gasteiger partial charge in [-0.05, 0) is 38.1 Å². The molecule has 5 nitrogen and oxygen atoms in total. The molecule has 0 bridgehead atoms. The average Bonchev–Trinajstić information content (AvgIpc) is 2.83. The summed E-state index contributed by atoms with van der Waals surface area (Å²) >= 11 is 1.23. The smallest absolute Gasteiger partial charge is 0.250 e. The van der Waals surface area contributed by atoms with E-state index in [9.17, 15) is 8.42 Å². The van der Waals surface area contributed by atoms with Gasteiger partial charge < -0.3 is 10.0 Å². The SMILES string of the molecule is CC1CN(C)CCC1NS(=O)(=O)c1ccc(CCO)s1. The number of rotatable bonds is 5. The number of sulfonamides is 1. The molecule has 7 heteroatoms.